The van der Waals surface area contributed by atoms with E-state index in [0.29, 0.717) is 6.54 Å². The van der Waals surface area contributed by atoms with Gasteiger partial charge in [0.1, 0.15) is 5.82 Å². The van der Waals surface area contributed by atoms with Crippen molar-refractivity contribution in [3.63, 3.8) is 0 Å². The van der Waals surface area contributed by atoms with Gasteiger partial charge in [-0.3, -0.25) is 0 Å². The van der Waals surface area contributed by atoms with Gasteiger partial charge >= 0.3 is 0 Å². The zero-order valence-electron chi connectivity index (χ0n) is 20.6. The van der Waals surface area contributed by atoms with Gasteiger partial charge in [0.05, 0.1) is 0 Å². The van der Waals surface area contributed by atoms with Crippen LogP contribution in [-0.2, 0) is 11.2 Å². The number of ether oxygens (including phenoxy) is 1. The van der Waals surface area contributed by atoms with E-state index in [0.717, 1.165) is 63.0 Å². The Morgan fingerprint density at radius 2 is 1.39 bits per heavy atom. The maximum atomic E-state index is 5.62. The van der Waals surface area contributed by atoms with Gasteiger partial charge in [-0.2, -0.15) is 4.98 Å². The predicted octanol–water partition coefficient (Wildman–Crippen LogP) is 5.85. The minimum absolute atomic E-state index is 0.689. The second-order valence-electron chi connectivity index (χ2n) is 8.50. The molecule has 0 aliphatic rings. The second kappa shape index (κ2) is 19.3. The molecule has 0 bridgehead atoms. The molecule has 31 heavy (non-hydrogen) atoms. The molecule has 0 fully saturated rings. The molecule has 0 amide bonds. The van der Waals surface area contributed by atoms with E-state index in [-0.39, 0.29) is 0 Å². The number of aromatic nitrogens is 2. The van der Waals surface area contributed by atoms with Gasteiger partial charge in [-0.1, -0.05) is 65.2 Å². The summed E-state index contributed by atoms with van der Waals surface area (Å²) in [4.78, 5) is 9.60. The number of nitrogens with one attached hydrogen (secondary N) is 2. The van der Waals surface area contributed by atoms with Crippen LogP contribution in [-0.4, -0.2) is 42.8 Å². The topological polar surface area (TPSA) is 85.1 Å². The van der Waals surface area contributed by atoms with Crippen molar-refractivity contribution in [1.82, 2.24) is 9.97 Å². The molecular weight excluding hydrogens is 386 g/mol. The molecule has 6 nitrogen and oxygen atoms in total. The van der Waals surface area contributed by atoms with Gasteiger partial charge < -0.3 is 21.1 Å². The van der Waals surface area contributed by atoms with Gasteiger partial charge in [-0.15, -0.1) is 0 Å². The monoisotopic (exact) mass is 435 g/mol. The lowest BCUT2D eigenvalue weighted by Gasteiger charge is -2.16. The number of unbranched alkanes of at least 4 members (excludes halogenated alkanes) is 8. The molecule has 0 aliphatic carbocycles. The van der Waals surface area contributed by atoms with Gasteiger partial charge in [0.2, 0.25) is 5.95 Å². The third-order valence-corrected chi connectivity index (χ3v) is 5.56. The molecule has 4 N–H and O–H groups in total. The van der Waals surface area contributed by atoms with E-state index in [9.17, 15) is 0 Å². The third-order valence-electron chi connectivity index (χ3n) is 5.56. The Labute approximate surface area is 191 Å². The van der Waals surface area contributed by atoms with Crippen molar-refractivity contribution < 1.29 is 4.74 Å². The molecule has 6 heteroatoms. The molecule has 0 saturated heterocycles. The molecule has 180 valence electrons. The van der Waals surface area contributed by atoms with Crippen LogP contribution >= 0.6 is 0 Å². The van der Waals surface area contributed by atoms with Crippen LogP contribution in [0, 0.1) is 6.92 Å². The van der Waals surface area contributed by atoms with E-state index in [4.69, 9.17) is 20.4 Å². The first-order valence-corrected chi connectivity index (χ1v) is 12.9. The number of aryl methyl sites for hydroxylation is 1. The molecule has 0 atom stereocenters. The van der Waals surface area contributed by atoms with E-state index in [1.807, 2.05) is 0 Å². The molecule has 1 heterocycles. The largest absolute Gasteiger partial charge is 0.381 e. The van der Waals surface area contributed by atoms with Crippen molar-refractivity contribution in [2.75, 3.05) is 43.5 Å². The number of anilines is 2. The van der Waals surface area contributed by atoms with Crippen LogP contribution < -0.4 is 16.4 Å². The van der Waals surface area contributed by atoms with Crippen molar-refractivity contribution in [2.45, 2.75) is 104 Å². The highest BCUT2D eigenvalue weighted by molar-refractivity contribution is 5.50. The number of nitrogens with two attached hydrogens (primary N) is 1. The second-order valence-corrected chi connectivity index (χ2v) is 8.50. The maximum Gasteiger partial charge on any atom is 0.224 e. The highest BCUT2D eigenvalue weighted by Gasteiger charge is 2.11. The first-order chi connectivity index (χ1) is 15.2. The van der Waals surface area contributed by atoms with Gasteiger partial charge in [0.25, 0.3) is 0 Å². The maximum absolute atomic E-state index is 5.62. The molecule has 1 rings (SSSR count). The van der Waals surface area contributed by atoms with Crippen molar-refractivity contribution in [3.8, 4) is 0 Å². The molecule has 1 aromatic rings. The molecule has 0 unspecified atom stereocenters. The predicted molar refractivity (Wildman–Crippen MR) is 134 cm³/mol. The first-order valence-electron chi connectivity index (χ1n) is 12.9. The summed E-state index contributed by atoms with van der Waals surface area (Å²) in [5.74, 6) is 1.75. The summed E-state index contributed by atoms with van der Waals surface area (Å²) in [7, 11) is 0. The smallest absolute Gasteiger partial charge is 0.224 e. The van der Waals surface area contributed by atoms with Crippen molar-refractivity contribution in [2.24, 2.45) is 5.73 Å². The van der Waals surface area contributed by atoms with Crippen molar-refractivity contribution in [3.05, 3.63) is 11.3 Å². The molecule has 0 radical (unpaired) electrons. The van der Waals surface area contributed by atoms with E-state index < -0.39 is 0 Å². The van der Waals surface area contributed by atoms with Crippen molar-refractivity contribution in [1.29, 1.82) is 0 Å². The molecule has 0 saturated carbocycles. The standard InChI is InChI=1S/C25H49N5O/c1-4-6-8-10-11-13-18-28-25-29-22(3)23(16-12-9-7-5-2)24(30-25)27-19-15-21-31-20-14-17-26/h4-21,26H2,1-3H3,(H2,27,28,29,30). The zero-order valence-corrected chi connectivity index (χ0v) is 20.6. The first kappa shape index (κ1) is 27.6. The number of nitrogens with zero attached hydrogens (tertiary/aromatic N) is 2. The Balaban J connectivity index is 2.56. The van der Waals surface area contributed by atoms with Crippen LogP contribution in [0.15, 0.2) is 0 Å². The van der Waals surface area contributed by atoms with Crippen LogP contribution in [0.4, 0.5) is 11.8 Å². The normalized spacial score (nSPS) is 11.1. The Kier molecular flexibility index (Phi) is 17.2. The highest BCUT2D eigenvalue weighted by Crippen LogP contribution is 2.21. The van der Waals surface area contributed by atoms with Gasteiger partial charge in [-0.25, -0.2) is 4.98 Å². The van der Waals surface area contributed by atoms with E-state index >= 15 is 0 Å². The average molecular weight is 436 g/mol. The summed E-state index contributed by atoms with van der Waals surface area (Å²) < 4.78 is 5.62. The molecular formula is C25H49N5O. The summed E-state index contributed by atoms with van der Waals surface area (Å²) in [6.07, 6.45) is 15.7. The summed E-state index contributed by atoms with van der Waals surface area (Å²) in [6, 6.07) is 0. The number of hydrogen-bond acceptors (Lipinski definition) is 6. The Morgan fingerprint density at radius 1 is 0.742 bits per heavy atom. The van der Waals surface area contributed by atoms with Gasteiger partial charge in [0, 0.05) is 37.6 Å². The van der Waals surface area contributed by atoms with Crippen LogP contribution in [0.25, 0.3) is 0 Å². The van der Waals surface area contributed by atoms with Crippen molar-refractivity contribution >= 4 is 11.8 Å². The summed E-state index contributed by atoms with van der Waals surface area (Å²) in [5, 5.41) is 7.00. The lowest BCUT2D eigenvalue weighted by Crippen LogP contribution is -2.14. The molecule has 0 aromatic carbocycles. The lowest BCUT2D eigenvalue weighted by atomic mass is 10.1. The number of rotatable bonds is 21. The van der Waals surface area contributed by atoms with Crippen LogP contribution in [0.1, 0.15) is 102 Å². The highest BCUT2D eigenvalue weighted by atomic mass is 16.5. The van der Waals surface area contributed by atoms with E-state index in [2.05, 4.69) is 31.4 Å². The fraction of sp³-hybridized carbons (Fsp3) is 0.840. The minimum Gasteiger partial charge on any atom is -0.381 e. The van der Waals surface area contributed by atoms with E-state index in [1.165, 1.54) is 69.8 Å². The van der Waals surface area contributed by atoms with Gasteiger partial charge in [0.15, 0.2) is 0 Å². The Hall–Kier alpha value is -1.40. The van der Waals surface area contributed by atoms with E-state index in [1.54, 1.807) is 0 Å². The SMILES string of the molecule is CCCCCCCCNc1nc(C)c(CCCCCC)c(NCCCOCCCN)n1. The number of hydrogen-bond donors (Lipinski definition) is 3. The lowest BCUT2D eigenvalue weighted by molar-refractivity contribution is 0.133. The van der Waals surface area contributed by atoms with Crippen LogP contribution in [0.5, 0.6) is 0 Å². The van der Waals surface area contributed by atoms with Crippen LogP contribution in [0.2, 0.25) is 0 Å². The summed E-state index contributed by atoms with van der Waals surface area (Å²) >= 11 is 0. The minimum atomic E-state index is 0.689. The summed E-state index contributed by atoms with van der Waals surface area (Å²) in [6.45, 7) is 10.6. The fourth-order valence-corrected chi connectivity index (χ4v) is 3.62. The molecule has 0 spiro atoms. The zero-order chi connectivity index (χ0) is 22.6. The van der Waals surface area contributed by atoms with Gasteiger partial charge in [-0.05, 0) is 45.6 Å². The molecule has 1 aromatic heterocycles. The summed E-state index contributed by atoms with van der Waals surface area (Å²) in [5.41, 5.74) is 7.87. The van der Waals surface area contributed by atoms with Crippen LogP contribution in [0.3, 0.4) is 0 Å². The Morgan fingerprint density at radius 3 is 2.13 bits per heavy atom. The quantitative estimate of drug-likeness (QED) is 0.210. The average Bonchev–Trinajstić information content (AvgIpc) is 2.76. The molecule has 0 aliphatic heterocycles. The Bertz CT molecular complexity index is 553. The third kappa shape index (κ3) is 13.6. The fourth-order valence-electron chi connectivity index (χ4n) is 3.62.